The van der Waals surface area contributed by atoms with Gasteiger partial charge in [-0.15, -0.1) is 0 Å². The lowest BCUT2D eigenvalue weighted by Crippen LogP contribution is -2.45. The van der Waals surface area contributed by atoms with Crippen molar-refractivity contribution in [1.29, 1.82) is 0 Å². The molecule has 2 N–H and O–H groups in total. The third kappa shape index (κ3) is 5.01. The van der Waals surface area contributed by atoms with Crippen LogP contribution >= 0.6 is 0 Å². The van der Waals surface area contributed by atoms with Gasteiger partial charge in [0.2, 0.25) is 5.91 Å². The van der Waals surface area contributed by atoms with Crippen LogP contribution in [0.4, 0.5) is 4.79 Å². The van der Waals surface area contributed by atoms with Crippen molar-refractivity contribution < 1.29 is 18.7 Å². The minimum Gasteiger partial charge on any atom is -0.469 e. The van der Waals surface area contributed by atoms with Crippen molar-refractivity contribution in [2.24, 2.45) is 5.92 Å². The number of furan rings is 1. The summed E-state index contributed by atoms with van der Waals surface area (Å²) < 4.78 is 10.5. The van der Waals surface area contributed by atoms with Gasteiger partial charge in [0.05, 0.1) is 12.2 Å². The second kappa shape index (κ2) is 7.06. The zero-order valence-corrected chi connectivity index (χ0v) is 14.3. The van der Waals surface area contributed by atoms with Crippen molar-refractivity contribution in [1.82, 2.24) is 10.6 Å². The Balaban J connectivity index is 1.86. The standard InChI is InChI=1S/C17H26N2O4/c1-11-12(8-9-22-11)10-18-15(20)13-6-5-7-14(13)19-16(21)23-17(2,3)4/h8-9,13-14H,5-7,10H2,1-4H3,(H,18,20)(H,19,21)/t13-,14-/m1/s1. The fraction of sp³-hybridized carbons (Fsp3) is 0.647. The van der Waals surface area contributed by atoms with E-state index in [0.29, 0.717) is 6.54 Å². The Hall–Kier alpha value is -1.98. The van der Waals surface area contributed by atoms with Crippen LogP contribution in [0.3, 0.4) is 0 Å². The van der Waals surface area contributed by atoms with E-state index in [9.17, 15) is 9.59 Å². The lowest BCUT2D eigenvalue weighted by Gasteiger charge is -2.24. The first-order chi connectivity index (χ1) is 10.8. The van der Waals surface area contributed by atoms with E-state index in [1.807, 2.05) is 33.8 Å². The molecule has 2 rings (SSSR count). The summed E-state index contributed by atoms with van der Waals surface area (Å²) >= 11 is 0. The van der Waals surface area contributed by atoms with E-state index in [-0.39, 0.29) is 17.9 Å². The second-order valence-electron chi connectivity index (χ2n) is 7.01. The Morgan fingerprint density at radius 3 is 2.70 bits per heavy atom. The summed E-state index contributed by atoms with van der Waals surface area (Å²) in [5, 5.41) is 5.76. The van der Waals surface area contributed by atoms with Gasteiger partial charge in [-0.25, -0.2) is 4.79 Å². The number of amides is 2. The maximum absolute atomic E-state index is 12.4. The number of hydrogen-bond acceptors (Lipinski definition) is 4. The van der Waals surface area contributed by atoms with E-state index >= 15 is 0 Å². The highest BCUT2D eigenvalue weighted by atomic mass is 16.6. The van der Waals surface area contributed by atoms with Crippen molar-refractivity contribution in [3.05, 3.63) is 23.7 Å². The van der Waals surface area contributed by atoms with Crippen molar-refractivity contribution >= 4 is 12.0 Å². The van der Waals surface area contributed by atoms with Gasteiger partial charge < -0.3 is 19.8 Å². The predicted octanol–water partition coefficient (Wildman–Crippen LogP) is 2.90. The van der Waals surface area contributed by atoms with Gasteiger partial charge in [-0.2, -0.15) is 0 Å². The maximum Gasteiger partial charge on any atom is 0.407 e. The molecule has 0 saturated heterocycles. The Kier molecular flexibility index (Phi) is 5.34. The smallest absolute Gasteiger partial charge is 0.407 e. The summed E-state index contributed by atoms with van der Waals surface area (Å²) in [6, 6.07) is 1.68. The Morgan fingerprint density at radius 1 is 1.35 bits per heavy atom. The molecule has 0 aliphatic heterocycles. The fourth-order valence-electron chi connectivity index (χ4n) is 2.81. The molecule has 6 heteroatoms. The van der Waals surface area contributed by atoms with Crippen LogP contribution < -0.4 is 10.6 Å². The quantitative estimate of drug-likeness (QED) is 0.893. The number of aryl methyl sites for hydroxylation is 1. The second-order valence-corrected chi connectivity index (χ2v) is 7.01. The van der Waals surface area contributed by atoms with Crippen molar-refractivity contribution in [3.63, 3.8) is 0 Å². The van der Waals surface area contributed by atoms with Crippen LogP contribution in [0.15, 0.2) is 16.7 Å². The van der Waals surface area contributed by atoms with Gasteiger partial charge in [0.15, 0.2) is 0 Å². The Bertz CT molecular complexity index is 559. The molecule has 2 amide bonds. The van der Waals surface area contributed by atoms with Crippen molar-refractivity contribution in [3.8, 4) is 0 Å². The normalized spacial score (nSPS) is 21.0. The molecule has 0 bridgehead atoms. The van der Waals surface area contributed by atoms with Crippen molar-refractivity contribution in [2.75, 3.05) is 0 Å². The molecule has 23 heavy (non-hydrogen) atoms. The molecule has 0 aromatic carbocycles. The first kappa shape index (κ1) is 17.4. The number of nitrogens with one attached hydrogen (secondary N) is 2. The average molecular weight is 322 g/mol. The molecule has 1 heterocycles. The lowest BCUT2D eigenvalue weighted by molar-refractivity contribution is -0.125. The fourth-order valence-corrected chi connectivity index (χ4v) is 2.81. The third-order valence-electron chi connectivity index (χ3n) is 3.97. The number of carbonyl (C=O) groups excluding carboxylic acids is 2. The van der Waals surface area contributed by atoms with Crippen LogP contribution in [0.25, 0.3) is 0 Å². The summed E-state index contributed by atoms with van der Waals surface area (Å²) in [6.07, 6.45) is 3.63. The van der Waals surface area contributed by atoms with E-state index in [2.05, 4.69) is 10.6 Å². The molecule has 128 valence electrons. The topological polar surface area (TPSA) is 80.6 Å². The monoisotopic (exact) mass is 322 g/mol. The summed E-state index contributed by atoms with van der Waals surface area (Å²) in [4.78, 5) is 24.3. The number of hydrogen-bond donors (Lipinski definition) is 2. The third-order valence-corrected chi connectivity index (χ3v) is 3.97. The highest BCUT2D eigenvalue weighted by Crippen LogP contribution is 2.26. The number of rotatable bonds is 4. The Morgan fingerprint density at radius 2 is 2.09 bits per heavy atom. The van der Waals surface area contributed by atoms with E-state index in [0.717, 1.165) is 30.6 Å². The van der Waals surface area contributed by atoms with Gasteiger partial charge in [0.1, 0.15) is 11.4 Å². The summed E-state index contributed by atoms with van der Waals surface area (Å²) in [5.74, 6) is 0.555. The SMILES string of the molecule is Cc1occc1CNC(=O)[C@@H]1CCC[C@H]1NC(=O)OC(C)(C)C. The molecule has 2 atom stereocenters. The minimum atomic E-state index is -0.542. The lowest BCUT2D eigenvalue weighted by atomic mass is 10.0. The molecule has 0 unspecified atom stereocenters. The van der Waals surface area contributed by atoms with E-state index in [4.69, 9.17) is 9.15 Å². The minimum absolute atomic E-state index is 0.0378. The van der Waals surface area contributed by atoms with Gasteiger partial charge >= 0.3 is 6.09 Å². The molecular weight excluding hydrogens is 296 g/mol. The molecule has 6 nitrogen and oxygen atoms in total. The van der Waals surface area contributed by atoms with Gasteiger partial charge in [-0.3, -0.25) is 4.79 Å². The van der Waals surface area contributed by atoms with Gasteiger partial charge in [0, 0.05) is 18.2 Å². The van der Waals surface area contributed by atoms with Crippen LogP contribution in [0.2, 0.25) is 0 Å². The maximum atomic E-state index is 12.4. The van der Waals surface area contributed by atoms with Gasteiger partial charge in [0.25, 0.3) is 0 Å². The first-order valence-corrected chi connectivity index (χ1v) is 8.06. The molecule has 1 aromatic rings. The molecule has 0 radical (unpaired) electrons. The predicted molar refractivity (Wildman–Crippen MR) is 85.8 cm³/mol. The van der Waals surface area contributed by atoms with E-state index in [1.54, 1.807) is 6.26 Å². The van der Waals surface area contributed by atoms with Gasteiger partial charge in [-0.05, 0) is 46.6 Å². The zero-order valence-electron chi connectivity index (χ0n) is 14.3. The van der Waals surface area contributed by atoms with Crippen LogP contribution in [0, 0.1) is 12.8 Å². The highest BCUT2D eigenvalue weighted by Gasteiger charge is 2.34. The molecule has 1 saturated carbocycles. The Labute approximate surface area is 137 Å². The van der Waals surface area contributed by atoms with Gasteiger partial charge in [-0.1, -0.05) is 6.42 Å². The van der Waals surface area contributed by atoms with Crippen LogP contribution in [-0.4, -0.2) is 23.6 Å². The zero-order chi connectivity index (χ0) is 17.0. The molecule has 1 aromatic heterocycles. The number of alkyl carbamates (subject to hydrolysis) is 1. The van der Waals surface area contributed by atoms with E-state index < -0.39 is 11.7 Å². The molecule has 0 spiro atoms. The van der Waals surface area contributed by atoms with E-state index in [1.165, 1.54) is 0 Å². The summed E-state index contributed by atoms with van der Waals surface area (Å²) in [7, 11) is 0. The number of carbonyl (C=O) groups is 2. The van der Waals surface area contributed by atoms with Crippen LogP contribution in [0.1, 0.15) is 51.4 Å². The molecule has 1 fully saturated rings. The molecule has 1 aliphatic carbocycles. The first-order valence-electron chi connectivity index (χ1n) is 8.06. The molecular formula is C17H26N2O4. The summed E-state index contributed by atoms with van der Waals surface area (Å²) in [6.45, 7) is 7.76. The van der Waals surface area contributed by atoms with Crippen LogP contribution in [0.5, 0.6) is 0 Å². The summed E-state index contributed by atoms with van der Waals surface area (Å²) in [5.41, 5.74) is 0.423. The number of ether oxygens (including phenoxy) is 1. The largest absolute Gasteiger partial charge is 0.469 e. The van der Waals surface area contributed by atoms with Crippen molar-refractivity contribution in [2.45, 2.75) is 65.1 Å². The average Bonchev–Trinajstić information content (AvgIpc) is 3.03. The molecule has 1 aliphatic rings. The van der Waals surface area contributed by atoms with Crippen LogP contribution in [-0.2, 0) is 16.1 Å². The highest BCUT2D eigenvalue weighted by molar-refractivity contribution is 5.80.